The third-order valence-electron chi connectivity index (χ3n) is 5.24. The van der Waals surface area contributed by atoms with Crippen LogP contribution in [-0.2, 0) is 24.5 Å². The summed E-state index contributed by atoms with van der Waals surface area (Å²) in [5.41, 5.74) is 4.39. The van der Waals surface area contributed by atoms with Gasteiger partial charge in [-0.2, -0.15) is 5.26 Å². The first kappa shape index (κ1) is 19.1. The Labute approximate surface area is 176 Å². The Morgan fingerprint density at radius 2 is 1.97 bits per heavy atom. The maximum Gasteiger partial charge on any atom is 0.166 e. The van der Waals surface area contributed by atoms with Crippen molar-refractivity contribution in [2.75, 3.05) is 0 Å². The Hall–Kier alpha value is -3.90. The van der Waals surface area contributed by atoms with E-state index in [-0.39, 0.29) is 13.2 Å². The largest absolute Gasteiger partial charge is 0.369 e. The predicted molar refractivity (Wildman–Crippen MR) is 106 cm³/mol. The highest BCUT2D eigenvalue weighted by atomic mass is 19.2. The number of hydrogen-bond acceptors (Lipinski definition) is 5. The number of halogens is 2. The lowest BCUT2D eigenvalue weighted by Crippen LogP contribution is -2.10. The number of hydrogen-bond donors (Lipinski definition) is 0. The monoisotopic (exact) mass is 418 g/mol. The van der Waals surface area contributed by atoms with Crippen molar-refractivity contribution in [1.29, 1.82) is 5.26 Å². The molecular weight excluding hydrogens is 402 g/mol. The molecule has 0 bridgehead atoms. The van der Waals surface area contributed by atoms with Crippen molar-refractivity contribution < 1.29 is 13.5 Å². The standard InChI is InChI=1S/C22H16F2N6O/c1-13-2-5-19-15(6-13)22-28-27-21(11-31-10-14-3-4-16(23)17(24)7-14)29(22)9-20-18(8-25)26-12-30(19)20/h2-7,12H,9-11H2,1H3. The van der Waals surface area contributed by atoms with E-state index >= 15 is 0 Å². The molecule has 0 amide bonds. The van der Waals surface area contributed by atoms with Crippen LogP contribution < -0.4 is 0 Å². The van der Waals surface area contributed by atoms with Crippen LogP contribution in [0.4, 0.5) is 8.78 Å². The first-order valence-corrected chi connectivity index (χ1v) is 9.56. The molecule has 0 saturated heterocycles. The normalized spacial score (nSPS) is 11.9. The summed E-state index contributed by atoms with van der Waals surface area (Å²) in [4.78, 5) is 4.23. The number of imidazole rings is 1. The van der Waals surface area contributed by atoms with E-state index in [1.165, 1.54) is 6.07 Å². The van der Waals surface area contributed by atoms with Gasteiger partial charge in [0.15, 0.2) is 29.0 Å². The number of aromatic nitrogens is 5. The zero-order valence-electron chi connectivity index (χ0n) is 16.5. The summed E-state index contributed by atoms with van der Waals surface area (Å²) in [6.45, 7) is 2.55. The van der Waals surface area contributed by atoms with Gasteiger partial charge in [0.2, 0.25) is 0 Å². The lowest BCUT2D eigenvalue weighted by atomic mass is 10.1. The van der Waals surface area contributed by atoms with Gasteiger partial charge in [-0.05, 0) is 36.8 Å². The quantitative estimate of drug-likeness (QED) is 0.445. The van der Waals surface area contributed by atoms with Crippen LogP contribution in [-0.4, -0.2) is 24.3 Å². The van der Waals surface area contributed by atoms with Gasteiger partial charge < -0.3 is 9.30 Å². The van der Waals surface area contributed by atoms with Gasteiger partial charge in [-0.15, -0.1) is 10.2 Å². The molecule has 0 saturated carbocycles. The molecule has 0 fully saturated rings. The number of fused-ring (bicyclic) bond motifs is 5. The summed E-state index contributed by atoms with van der Waals surface area (Å²) in [5, 5.41) is 18.2. The molecule has 31 heavy (non-hydrogen) atoms. The van der Waals surface area contributed by atoms with Gasteiger partial charge in [-0.3, -0.25) is 4.57 Å². The number of benzene rings is 2. The van der Waals surface area contributed by atoms with Gasteiger partial charge in [-0.25, -0.2) is 13.8 Å². The average Bonchev–Trinajstić information content (AvgIpc) is 3.32. The molecule has 0 spiro atoms. The second-order valence-electron chi connectivity index (χ2n) is 7.31. The molecular formula is C22H16F2N6O. The molecule has 3 heterocycles. The van der Waals surface area contributed by atoms with Crippen molar-refractivity contribution in [3.63, 3.8) is 0 Å². The number of nitrogens with zero attached hydrogens (tertiary/aromatic N) is 6. The van der Waals surface area contributed by atoms with Crippen molar-refractivity contribution in [2.24, 2.45) is 0 Å². The summed E-state index contributed by atoms with van der Waals surface area (Å²) in [7, 11) is 0. The van der Waals surface area contributed by atoms with Crippen LogP contribution in [0.5, 0.6) is 0 Å². The van der Waals surface area contributed by atoms with Crippen LogP contribution in [0.1, 0.15) is 28.3 Å². The third kappa shape index (κ3) is 3.27. The molecule has 0 aliphatic carbocycles. The van der Waals surface area contributed by atoms with Crippen LogP contribution in [0, 0.1) is 29.9 Å². The summed E-state index contributed by atoms with van der Waals surface area (Å²) >= 11 is 0. The van der Waals surface area contributed by atoms with E-state index in [4.69, 9.17) is 4.74 Å². The fourth-order valence-corrected chi connectivity index (χ4v) is 3.71. The van der Waals surface area contributed by atoms with Crippen LogP contribution in [0.3, 0.4) is 0 Å². The van der Waals surface area contributed by atoms with E-state index in [9.17, 15) is 14.0 Å². The molecule has 0 radical (unpaired) electrons. The Morgan fingerprint density at radius 1 is 1.10 bits per heavy atom. The fourth-order valence-electron chi connectivity index (χ4n) is 3.71. The van der Waals surface area contributed by atoms with Gasteiger partial charge in [0, 0.05) is 5.56 Å². The second kappa shape index (κ2) is 7.41. The zero-order valence-corrected chi connectivity index (χ0v) is 16.5. The zero-order chi connectivity index (χ0) is 21.5. The van der Waals surface area contributed by atoms with Gasteiger partial charge in [0.1, 0.15) is 19.0 Å². The number of rotatable bonds is 4. The highest BCUT2D eigenvalue weighted by molar-refractivity contribution is 5.70. The Kier molecular flexibility index (Phi) is 4.56. The molecule has 0 atom stereocenters. The summed E-state index contributed by atoms with van der Waals surface area (Å²) in [6, 6.07) is 11.8. The van der Waals surface area contributed by atoms with E-state index < -0.39 is 11.6 Å². The fraction of sp³-hybridized carbons (Fsp3) is 0.182. The smallest absolute Gasteiger partial charge is 0.166 e. The average molecular weight is 418 g/mol. The van der Waals surface area contributed by atoms with Crippen LogP contribution in [0.2, 0.25) is 0 Å². The van der Waals surface area contributed by atoms with E-state index in [2.05, 4.69) is 21.3 Å². The predicted octanol–water partition coefficient (Wildman–Crippen LogP) is 3.67. The maximum absolute atomic E-state index is 13.4. The molecule has 9 heteroatoms. The summed E-state index contributed by atoms with van der Waals surface area (Å²) < 4.78 is 36.0. The minimum atomic E-state index is -0.915. The lowest BCUT2D eigenvalue weighted by molar-refractivity contribution is 0.0991. The topological polar surface area (TPSA) is 81.6 Å². The van der Waals surface area contributed by atoms with Crippen molar-refractivity contribution in [2.45, 2.75) is 26.7 Å². The van der Waals surface area contributed by atoms with E-state index in [0.717, 1.165) is 34.6 Å². The first-order chi connectivity index (χ1) is 15.0. The van der Waals surface area contributed by atoms with Crippen LogP contribution in [0.15, 0.2) is 42.7 Å². The summed E-state index contributed by atoms with van der Waals surface area (Å²) in [6.07, 6.45) is 1.64. The third-order valence-corrected chi connectivity index (χ3v) is 5.24. The molecule has 5 rings (SSSR count). The van der Waals surface area contributed by atoms with Gasteiger partial charge in [0.25, 0.3) is 0 Å². The van der Waals surface area contributed by atoms with Crippen molar-refractivity contribution >= 4 is 0 Å². The number of aryl methyl sites for hydroxylation is 1. The molecule has 1 aliphatic heterocycles. The van der Waals surface area contributed by atoms with E-state index in [1.807, 2.05) is 34.3 Å². The van der Waals surface area contributed by atoms with E-state index in [1.54, 1.807) is 6.33 Å². The molecule has 0 unspecified atom stereocenters. The number of nitriles is 1. The van der Waals surface area contributed by atoms with Crippen LogP contribution >= 0.6 is 0 Å². The molecule has 4 aromatic rings. The SMILES string of the molecule is Cc1ccc2c(c1)-c1nnc(COCc3ccc(F)c(F)c3)n1Cc1c(C#N)ncn1-2. The molecule has 2 aromatic carbocycles. The molecule has 7 nitrogen and oxygen atoms in total. The van der Waals surface area contributed by atoms with Gasteiger partial charge in [0.05, 0.1) is 24.5 Å². The molecule has 0 N–H and O–H groups in total. The minimum absolute atomic E-state index is 0.0937. The summed E-state index contributed by atoms with van der Waals surface area (Å²) in [5.74, 6) is -0.589. The number of ether oxygens (including phenoxy) is 1. The maximum atomic E-state index is 13.4. The molecule has 154 valence electrons. The Bertz CT molecular complexity index is 1350. The lowest BCUT2D eigenvalue weighted by Gasteiger charge is -2.09. The molecule has 2 aromatic heterocycles. The van der Waals surface area contributed by atoms with Crippen molar-refractivity contribution in [3.05, 3.63) is 82.7 Å². The highest BCUT2D eigenvalue weighted by Crippen LogP contribution is 2.33. The Morgan fingerprint density at radius 3 is 2.77 bits per heavy atom. The van der Waals surface area contributed by atoms with Crippen molar-refractivity contribution in [3.8, 4) is 23.1 Å². The van der Waals surface area contributed by atoms with Gasteiger partial charge in [-0.1, -0.05) is 17.7 Å². The second-order valence-corrected chi connectivity index (χ2v) is 7.31. The molecule has 1 aliphatic rings. The highest BCUT2D eigenvalue weighted by Gasteiger charge is 2.26. The van der Waals surface area contributed by atoms with Crippen LogP contribution in [0.25, 0.3) is 17.1 Å². The van der Waals surface area contributed by atoms with Crippen molar-refractivity contribution in [1.82, 2.24) is 24.3 Å². The Balaban J connectivity index is 1.49. The van der Waals surface area contributed by atoms with E-state index in [0.29, 0.717) is 29.5 Å². The minimum Gasteiger partial charge on any atom is -0.369 e. The van der Waals surface area contributed by atoms with Gasteiger partial charge >= 0.3 is 0 Å². The first-order valence-electron chi connectivity index (χ1n) is 9.56.